The fourth-order valence-electron chi connectivity index (χ4n) is 2.14. The van der Waals surface area contributed by atoms with Crippen LogP contribution in [0.2, 0.25) is 5.02 Å². The third-order valence-corrected chi connectivity index (χ3v) is 3.72. The van der Waals surface area contributed by atoms with E-state index in [0.717, 1.165) is 11.1 Å². The van der Waals surface area contributed by atoms with Gasteiger partial charge in [0.05, 0.1) is 6.04 Å². The number of carbonyl (C=O) groups excluding carboxylic acids is 2. The second-order valence-corrected chi connectivity index (χ2v) is 5.67. The van der Waals surface area contributed by atoms with E-state index < -0.39 is 11.8 Å². The molecule has 0 aromatic heterocycles. The zero-order valence-electron chi connectivity index (χ0n) is 12.9. The zero-order valence-corrected chi connectivity index (χ0v) is 13.6. The third kappa shape index (κ3) is 5.42. The lowest BCUT2D eigenvalue weighted by molar-refractivity contribution is -0.139. The van der Waals surface area contributed by atoms with Crippen molar-refractivity contribution >= 4 is 23.4 Å². The molecule has 0 fully saturated rings. The van der Waals surface area contributed by atoms with Gasteiger partial charge in [0.2, 0.25) is 0 Å². The molecule has 0 aliphatic carbocycles. The molecule has 0 unspecified atom stereocenters. The van der Waals surface area contributed by atoms with Gasteiger partial charge in [-0.15, -0.1) is 0 Å². The average molecular weight is 331 g/mol. The van der Waals surface area contributed by atoms with Crippen LogP contribution in [0.4, 0.5) is 0 Å². The molecule has 0 saturated heterocycles. The Bertz CT molecular complexity index is 656. The molecular formula is C18H19ClN2O2. The smallest absolute Gasteiger partial charge is 0.309 e. The molecule has 23 heavy (non-hydrogen) atoms. The molecule has 2 aromatic carbocycles. The Balaban J connectivity index is 1.76. The van der Waals surface area contributed by atoms with Crippen molar-refractivity contribution in [1.29, 1.82) is 0 Å². The first-order valence-corrected chi connectivity index (χ1v) is 7.82. The molecule has 120 valence electrons. The van der Waals surface area contributed by atoms with E-state index in [1.54, 1.807) is 12.1 Å². The Kier molecular flexibility index (Phi) is 6.18. The predicted octanol–water partition coefficient (Wildman–Crippen LogP) is 2.88. The lowest BCUT2D eigenvalue weighted by Gasteiger charge is -2.14. The highest BCUT2D eigenvalue weighted by atomic mass is 35.5. The molecule has 4 nitrogen and oxygen atoms in total. The summed E-state index contributed by atoms with van der Waals surface area (Å²) in [6.45, 7) is 2.24. The van der Waals surface area contributed by atoms with Crippen molar-refractivity contribution in [2.24, 2.45) is 0 Å². The lowest BCUT2D eigenvalue weighted by Crippen LogP contribution is -2.41. The minimum atomic E-state index is -0.627. The molecule has 0 bridgehead atoms. The van der Waals surface area contributed by atoms with E-state index in [9.17, 15) is 9.59 Å². The van der Waals surface area contributed by atoms with Gasteiger partial charge in [0.25, 0.3) is 0 Å². The fraction of sp³-hybridized carbons (Fsp3) is 0.222. The maximum atomic E-state index is 11.9. The highest BCUT2D eigenvalue weighted by molar-refractivity contribution is 6.35. The molecule has 0 saturated carbocycles. The topological polar surface area (TPSA) is 58.2 Å². The van der Waals surface area contributed by atoms with Crippen molar-refractivity contribution in [3.63, 3.8) is 0 Å². The van der Waals surface area contributed by atoms with E-state index in [1.807, 2.05) is 49.4 Å². The van der Waals surface area contributed by atoms with Crippen LogP contribution in [-0.4, -0.2) is 18.4 Å². The van der Waals surface area contributed by atoms with E-state index in [2.05, 4.69) is 10.6 Å². The number of amides is 2. The summed E-state index contributed by atoms with van der Waals surface area (Å²) < 4.78 is 0. The largest absolute Gasteiger partial charge is 0.348 e. The van der Waals surface area contributed by atoms with Crippen molar-refractivity contribution in [2.45, 2.75) is 19.4 Å². The van der Waals surface area contributed by atoms with Gasteiger partial charge in [-0.1, -0.05) is 54.1 Å². The summed E-state index contributed by atoms with van der Waals surface area (Å²) in [6.07, 6.45) is 0.643. The molecule has 0 heterocycles. The number of benzene rings is 2. The van der Waals surface area contributed by atoms with Crippen molar-refractivity contribution in [3.8, 4) is 0 Å². The summed E-state index contributed by atoms with van der Waals surface area (Å²) in [4.78, 5) is 23.7. The summed E-state index contributed by atoms with van der Waals surface area (Å²) in [5.41, 5.74) is 2.00. The maximum absolute atomic E-state index is 11.9. The molecule has 0 aliphatic rings. The van der Waals surface area contributed by atoms with E-state index in [1.165, 1.54) is 0 Å². The summed E-state index contributed by atoms with van der Waals surface area (Å²) in [5, 5.41) is 5.98. The SMILES string of the molecule is C[C@H](NC(=O)C(=O)NCCc1ccc(Cl)cc1)c1ccccc1. The first-order chi connectivity index (χ1) is 11.1. The maximum Gasteiger partial charge on any atom is 0.309 e. The second-order valence-electron chi connectivity index (χ2n) is 5.24. The summed E-state index contributed by atoms with van der Waals surface area (Å²) in [7, 11) is 0. The molecule has 2 aromatic rings. The van der Waals surface area contributed by atoms with Gasteiger partial charge in [0, 0.05) is 11.6 Å². The summed E-state index contributed by atoms with van der Waals surface area (Å²) in [6, 6.07) is 16.7. The number of halogens is 1. The van der Waals surface area contributed by atoms with E-state index in [-0.39, 0.29) is 6.04 Å². The standard InChI is InChI=1S/C18H19ClN2O2/c1-13(15-5-3-2-4-6-15)21-18(23)17(22)20-12-11-14-7-9-16(19)10-8-14/h2-10,13H,11-12H2,1H3,(H,20,22)(H,21,23)/t13-/m0/s1. The number of hydrogen-bond donors (Lipinski definition) is 2. The summed E-state index contributed by atoms with van der Waals surface area (Å²) in [5.74, 6) is -1.25. The molecule has 5 heteroatoms. The first kappa shape index (κ1) is 17.0. The van der Waals surface area contributed by atoms with Crippen molar-refractivity contribution in [1.82, 2.24) is 10.6 Å². The van der Waals surface area contributed by atoms with Crippen LogP contribution >= 0.6 is 11.6 Å². The Morgan fingerprint density at radius 1 is 1.00 bits per heavy atom. The van der Waals surface area contributed by atoms with Crippen LogP contribution in [-0.2, 0) is 16.0 Å². The van der Waals surface area contributed by atoms with Gasteiger partial charge in [-0.3, -0.25) is 9.59 Å². The summed E-state index contributed by atoms with van der Waals surface area (Å²) >= 11 is 5.81. The van der Waals surface area contributed by atoms with Gasteiger partial charge in [0.1, 0.15) is 0 Å². The van der Waals surface area contributed by atoms with Gasteiger partial charge in [0.15, 0.2) is 0 Å². The number of nitrogens with one attached hydrogen (secondary N) is 2. The van der Waals surface area contributed by atoms with Crippen LogP contribution < -0.4 is 10.6 Å². The Morgan fingerprint density at radius 2 is 1.65 bits per heavy atom. The van der Waals surface area contributed by atoms with Gasteiger partial charge < -0.3 is 10.6 Å². The molecular weight excluding hydrogens is 312 g/mol. The van der Waals surface area contributed by atoms with E-state index in [4.69, 9.17) is 11.6 Å². The van der Waals surface area contributed by atoms with Crippen LogP contribution in [0.15, 0.2) is 54.6 Å². The highest BCUT2D eigenvalue weighted by Gasteiger charge is 2.16. The van der Waals surface area contributed by atoms with Gasteiger partial charge >= 0.3 is 11.8 Å². The van der Waals surface area contributed by atoms with Crippen LogP contribution in [0.5, 0.6) is 0 Å². The predicted molar refractivity (Wildman–Crippen MR) is 91.2 cm³/mol. The van der Waals surface area contributed by atoms with Crippen LogP contribution in [0.3, 0.4) is 0 Å². The number of carbonyl (C=O) groups is 2. The molecule has 2 rings (SSSR count). The normalized spacial score (nSPS) is 11.6. The van der Waals surface area contributed by atoms with E-state index >= 15 is 0 Å². The van der Waals surface area contributed by atoms with Crippen LogP contribution in [0.1, 0.15) is 24.1 Å². The van der Waals surface area contributed by atoms with Gasteiger partial charge in [-0.2, -0.15) is 0 Å². The Labute approximate surface area is 140 Å². The minimum absolute atomic E-state index is 0.217. The van der Waals surface area contributed by atoms with Crippen molar-refractivity contribution in [3.05, 3.63) is 70.7 Å². The van der Waals surface area contributed by atoms with Gasteiger partial charge in [-0.25, -0.2) is 0 Å². The molecule has 0 aliphatic heterocycles. The molecule has 1 atom stereocenters. The minimum Gasteiger partial charge on any atom is -0.348 e. The molecule has 2 amide bonds. The average Bonchev–Trinajstić information content (AvgIpc) is 2.57. The fourth-order valence-corrected chi connectivity index (χ4v) is 2.26. The van der Waals surface area contributed by atoms with Crippen LogP contribution in [0.25, 0.3) is 0 Å². The van der Waals surface area contributed by atoms with Gasteiger partial charge in [-0.05, 0) is 36.6 Å². The monoisotopic (exact) mass is 330 g/mol. The second kappa shape index (κ2) is 8.34. The van der Waals surface area contributed by atoms with Crippen molar-refractivity contribution < 1.29 is 9.59 Å². The molecule has 2 N–H and O–H groups in total. The van der Waals surface area contributed by atoms with Crippen LogP contribution in [0, 0.1) is 0 Å². The van der Waals surface area contributed by atoms with Crippen molar-refractivity contribution in [2.75, 3.05) is 6.54 Å². The molecule has 0 spiro atoms. The Hall–Kier alpha value is -2.33. The third-order valence-electron chi connectivity index (χ3n) is 3.47. The lowest BCUT2D eigenvalue weighted by atomic mass is 10.1. The first-order valence-electron chi connectivity index (χ1n) is 7.44. The quantitative estimate of drug-likeness (QED) is 0.828. The highest BCUT2D eigenvalue weighted by Crippen LogP contribution is 2.11. The number of hydrogen-bond acceptors (Lipinski definition) is 2. The zero-order chi connectivity index (χ0) is 16.7. The Morgan fingerprint density at radius 3 is 2.30 bits per heavy atom. The molecule has 0 radical (unpaired) electrons. The van der Waals surface area contributed by atoms with E-state index in [0.29, 0.717) is 18.0 Å². The number of rotatable bonds is 5.